The zero-order chi connectivity index (χ0) is 22.9. The number of carbonyl (C=O) groups excluding carboxylic acids is 2. The molecule has 0 saturated heterocycles. The molecule has 1 aromatic heterocycles. The van der Waals surface area contributed by atoms with E-state index in [0.29, 0.717) is 16.9 Å². The van der Waals surface area contributed by atoms with Crippen LogP contribution in [0.3, 0.4) is 0 Å². The Morgan fingerprint density at radius 1 is 0.970 bits per heavy atom. The molecule has 0 spiro atoms. The van der Waals surface area contributed by atoms with Gasteiger partial charge in [-0.3, -0.25) is 4.90 Å². The summed E-state index contributed by atoms with van der Waals surface area (Å²) in [4.78, 5) is 34.0. The molecule has 1 unspecified atom stereocenters. The summed E-state index contributed by atoms with van der Waals surface area (Å²) in [6.07, 6.45) is 10.1. The highest BCUT2D eigenvalue weighted by Crippen LogP contribution is 2.48. The van der Waals surface area contributed by atoms with Gasteiger partial charge in [0.15, 0.2) is 0 Å². The van der Waals surface area contributed by atoms with E-state index in [1.54, 1.807) is 24.6 Å². The van der Waals surface area contributed by atoms with Crippen molar-refractivity contribution in [2.24, 2.45) is 4.99 Å². The standard InChI is InChI=1S/C25H27N3O5/c1-31-23(29)16-11-12-19-20(14-16)28-22(21-10-7-13-33-21)18(24(30)32-2)15-26-25(28)27(19)17-8-5-3-4-6-9-17/h7,10-15,17,22H,3-6,8-9H2,1-2H3. The van der Waals surface area contributed by atoms with E-state index in [1.165, 1.54) is 27.1 Å². The predicted molar refractivity (Wildman–Crippen MR) is 123 cm³/mol. The van der Waals surface area contributed by atoms with Gasteiger partial charge in [-0.2, -0.15) is 0 Å². The zero-order valence-corrected chi connectivity index (χ0v) is 18.8. The molecule has 1 fully saturated rings. The van der Waals surface area contributed by atoms with Gasteiger partial charge < -0.3 is 18.8 Å². The number of hydrogen-bond donors (Lipinski definition) is 0. The summed E-state index contributed by atoms with van der Waals surface area (Å²) in [5, 5.41) is 0. The van der Waals surface area contributed by atoms with Gasteiger partial charge in [0, 0.05) is 12.2 Å². The molecule has 1 atom stereocenters. The number of rotatable bonds is 4. The summed E-state index contributed by atoms with van der Waals surface area (Å²) in [6, 6.07) is 8.88. The van der Waals surface area contributed by atoms with Gasteiger partial charge in [0.1, 0.15) is 11.8 Å². The average molecular weight is 450 g/mol. The van der Waals surface area contributed by atoms with Crippen LogP contribution in [-0.2, 0) is 14.3 Å². The Labute approximate surface area is 192 Å². The first-order valence-corrected chi connectivity index (χ1v) is 11.3. The molecule has 8 heteroatoms. The Morgan fingerprint density at radius 2 is 1.73 bits per heavy atom. The van der Waals surface area contributed by atoms with E-state index >= 15 is 0 Å². The van der Waals surface area contributed by atoms with Gasteiger partial charge in [0.05, 0.1) is 43.0 Å². The molecule has 0 bridgehead atoms. The van der Waals surface area contributed by atoms with Crippen molar-refractivity contribution in [1.29, 1.82) is 0 Å². The van der Waals surface area contributed by atoms with Crippen molar-refractivity contribution in [3.05, 3.63) is 59.7 Å². The summed E-state index contributed by atoms with van der Waals surface area (Å²) in [5.41, 5.74) is 2.56. The van der Waals surface area contributed by atoms with Gasteiger partial charge in [0.2, 0.25) is 5.96 Å². The molecule has 2 aliphatic heterocycles. The van der Waals surface area contributed by atoms with Crippen LogP contribution in [0.5, 0.6) is 0 Å². The van der Waals surface area contributed by atoms with Gasteiger partial charge in [-0.25, -0.2) is 14.6 Å². The first-order chi connectivity index (χ1) is 16.1. The number of methoxy groups -OCH3 is 2. The first kappa shape index (κ1) is 21.3. The van der Waals surface area contributed by atoms with E-state index in [1.807, 2.05) is 23.1 Å². The largest absolute Gasteiger partial charge is 0.467 e. The molecule has 1 saturated carbocycles. The second kappa shape index (κ2) is 8.77. The Hall–Kier alpha value is -3.55. The zero-order valence-electron chi connectivity index (χ0n) is 18.8. The minimum absolute atomic E-state index is 0.282. The van der Waals surface area contributed by atoms with E-state index in [-0.39, 0.29) is 6.04 Å². The third-order valence-corrected chi connectivity index (χ3v) is 6.64. The van der Waals surface area contributed by atoms with E-state index in [4.69, 9.17) is 18.9 Å². The Bertz CT molecular complexity index is 1110. The highest BCUT2D eigenvalue weighted by molar-refractivity contribution is 6.19. The van der Waals surface area contributed by atoms with Gasteiger partial charge in [-0.15, -0.1) is 0 Å². The van der Waals surface area contributed by atoms with Crippen molar-refractivity contribution in [3.63, 3.8) is 0 Å². The van der Waals surface area contributed by atoms with Crippen LogP contribution in [0.2, 0.25) is 0 Å². The van der Waals surface area contributed by atoms with E-state index in [0.717, 1.165) is 43.0 Å². The third kappa shape index (κ3) is 3.59. The molecule has 8 nitrogen and oxygen atoms in total. The van der Waals surface area contributed by atoms with Crippen molar-refractivity contribution in [2.75, 3.05) is 24.0 Å². The Morgan fingerprint density at radius 3 is 2.39 bits per heavy atom. The number of hydrogen-bond acceptors (Lipinski definition) is 8. The molecule has 0 N–H and O–H groups in total. The fraction of sp³-hybridized carbons (Fsp3) is 0.400. The van der Waals surface area contributed by atoms with Crippen LogP contribution in [0.4, 0.5) is 11.4 Å². The van der Waals surface area contributed by atoms with Gasteiger partial charge in [-0.05, 0) is 43.2 Å². The molecule has 3 aliphatic rings. The summed E-state index contributed by atoms with van der Waals surface area (Å²) in [7, 11) is 2.72. The van der Waals surface area contributed by atoms with Gasteiger partial charge >= 0.3 is 11.9 Å². The molecule has 3 heterocycles. The van der Waals surface area contributed by atoms with Crippen LogP contribution in [0.25, 0.3) is 0 Å². The van der Waals surface area contributed by atoms with E-state index < -0.39 is 18.0 Å². The van der Waals surface area contributed by atoms with Gasteiger partial charge in [0.25, 0.3) is 0 Å². The molecule has 1 aromatic carbocycles. The van der Waals surface area contributed by atoms with Crippen LogP contribution < -0.4 is 9.80 Å². The molecule has 1 aliphatic carbocycles. The van der Waals surface area contributed by atoms with Crippen molar-refractivity contribution in [1.82, 2.24) is 0 Å². The lowest BCUT2D eigenvalue weighted by atomic mass is 10.0. The number of nitrogens with zero attached hydrogens (tertiary/aromatic N) is 3. The maximum absolute atomic E-state index is 12.7. The van der Waals surface area contributed by atoms with Crippen LogP contribution in [0.15, 0.2) is 57.8 Å². The lowest BCUT2D eigenvalue weighted by Gasteiger charge is -2.35. The van der Waals surface area contributed by atoms with Crippen molar-refractivity contribution >= 4 is 29.3 Å². The molecule has 5 rings (SSSR count). The number of anilines is 2. The summed E-state index contributed by atoms with van der Waals surface area (Å²) in [6.45, 7) is 0. The number of ether oxygens (including phenoxy) is 2. The second-order valence-electron chi connectivity index (χ2n) is 8.50. The summed E-state index contributed by atoms with van der Waals surface area (Å²) >= 11 is 0. The molecular formula is C25H27N3O5. The van der Waals surface area contributed by atoms with Crippen LogP contribution in [0.1, 0.15) is 60.7 Å². The van der Waals surface area contributed by atoms with Crippen molar-refractivity contribution < 1.29 is 23.5 Å². The molecule has 0 radical (unpaired) electrons. The number of aliphatic imine (C=N–C) groups is 1. The number of esters is 2. The SMILES string of the molecule is COC(=O)C1=CN=C2N(C3CCCCCC3)c3ccc(C(=O)OC)cc3N2C1c1ccco1. The topological polar surface area (TPSA) is 84.6 Å². The Kier molecular flexibility index (Phi) is 5.66. The number of furan rings is 1. The minimum Gasteiger partial charge on any atom is -0.467 e. The minimum atomic E-state index is -0.567. The molecule has 0 amide bonds. The highest BCUT2D eigenvalue weighted by Gasteiger charge is 2.46. The fourth-order valence-corrected chi connectivity index (χ4v) is 5.10. The lowest BCUT2D eigenvalue weighted by Crippen LogP contribution is -2.47. The number of guanidine groups is 1. The third-order valence-electron chi connectivity index (χ3n) is 6.64. The predicted octanol–water partition coefficient (Wildman–Crippen LogP) is 4.58. The molecule has 33 heavy (non-hydrogen) atoms. The van der Waals surface area contributed by atoms with Crippen LogP contribution in [-0.4, -0.2) is 38.2 Å². The lowest BCUT2D eigenvalue weighted by molar-refractivity contribution is -0.136. The molecule has 172 valence electrons. The number of benzene rings is 1. The van der Waals surface area contributed by atoms with Crippen molar-refractivity contribution in [2.45, 2.75) is 50.6 Å². The monoisotopic (exact) mass is 449 g/mol. The molecular weight excluding hydrogens is 422 g/mol. The average Bonchev–Trinajstić information content (AvgIpc) is 3.41. The quantitative estimate of drug-likeness (QED) is 0.499. The second-order valence-corrected chi connectivity index (χ2v) is 8.50. The van der Waals surface area contributed by atoms with Gasteiger partial charge in [-0.1, -0.05) is 25.7 Å². The smallest absolute Gasteiger partial charge is 0.337 e. The number of fused-ring (bicyclic) bond motifs is 3. The maximum atomic E-state index is 12.7. The number of carbonyl (C=O) groups is 2. The fourth-order valence-electron chi connectivity index (χ4n) is 5.10. The summed E-state index contributed by atoms with van der Waals surface area (Å²) in [5.74, 6) is 0.432. The molecule has 2 aromatic rings. The first-order valence-electron chi connectivity index (χ1n) is 11.3. The highest BCUT2D eigenvalue weighted by atomic mass is 16.5. The van der Waals surface area contributed by atoms with Crippen LogP contribution in [0, 0.1) is 0 Å². The van der Waals surface area contributed by atoms with Crippen molar-refractivity contribution in [3.8, 4) is 0 Å². The van der Waals surface area contributed by atoms with Crippen LogP contribution >= 0.6 is 0 Å². The maximum Gasteiger partial charge on any atom is 0.337 e. The van der Waals surface area contributed by atoms with E-state index in [2.05, 4.69) is 4.90 Å². The summed E-state index contributed by atoms with van der Waals surface area (Å²) < 4.78 is 15.8. The normalized spacial score (nSPS) is 20.4. The van der Waals surface area contributed by atoms with E-state index in [9.17, 15) is 9.59 Å². The Balaban J connectivity index is 1.69.